The molecular formula is C21H18O8. The van der Waals surface area contributed by atoms with Crippen LogP contribution in [-0.4, -0.2) is 20.4 Å². The van der Waals surface area contributed by atoms with Gasteiger partial charge in [-0.3, -0.25) is 9.59 Å². The maximum absolute atomic E-state index is 12.3. The smallest absolute Gasteiger partial charge is 0.232 e. The van der Waals surface area contributed by atoms with Crippen LogP contribution in [0.3, 0.4) is 0 Å². The molecule has 0 aliphatic carbocycles. The molecule has 0 fully saturated rings. The van der Waals surface area contributed by atoms with Gasteiger partial charge in [-0.15, -0.1) is 0 Å². The third-order valence-corrected chi connectivity index (χ3v) is 4.51. The van der Waals surface area contributed by atoms with Crippen molar-refractivity contribution in [3.63, 3.8) is 0 Å². The van der Waals surface area contributed by atoms with Crippen molar-refractivity contribution >= 4 is 6.08 Å². The molecule has 4 N–H and O–H groups in total. The zero-order chi connectivity index (χ0) is 21.1. The third kappa shape index (κ3) is 3.58. The van der Waals surface area contributed by atoms with Gasteiger partial charge in [0, 0.05) is 0 Å². The maximum atomic E-state index is 12.3. The lowest BCUT2D eigenvalue weighted by Crippen LogP contribution is -2.16. The largest absolute Gasteiger partial charge is 0.502 e. The molecule has 0 unspecified atom stereocenters. The Morgan fingerprint density at radius 2 is 1.31 bits per heavy atom. The van der Waals surface area contributed by atoms with E-state index in [1.54, 1.807) is 30.3 Å². The second-order valence-corrected chi connectivity index (χ2v) is 6.23. The number of hydrogen-bond acceptors (Lipinski definition) is 8. The van der Waals surface area contributed by atoms with Crippen molar-refractivity contribution in [1.29, 1.82) is 0 Å². The number of hydrogen-bond donors (Lipinski definition) is 4. The second kappa shape index (κ2) is 8.17. The van der Waals surface area contributed by atoms with Crippen LogP contribution in [0.25, 0.3) is 6.08 Å². The lowest BCUT2D eigenvalue weighted by Gasteiger charge is -2.18. The summed E-state index contributed by atoms with van der Waals surface area (Å²) in [4.78, 5) is 24.5. The molecule has 2 heterocycles. The lowest BCUT2D eigenvalue weighted by molar-refractivity contribution is 0.269. The molecule has 0 aliphatic rings. The quantitative estimate of drug-likeness (QED) is 0.493. The van der Waals surface area contributed by atoms with Gasteiger partial charge in [0.25, 0.3) is 0 Å². The monoisotopic (exact) mass is 398 g/mol. The van der Waals surface area contributed by atoms with Crippen LogP contribution in [0.5, 0.6) is 11.5 Å². The summed E-state index contributed by atoms with van der Waals surface area (Å²) in [7, 11) is 0. The number of aliphatic hydroxyl groups excluding tert-OH is 2. The van der Waals surface area contributed by atoms with E-state index in [1.807, 2.05) is 0 Å². The van der Waals surface area contributed by atoms with Crippen LogP contribution in [-0.2, 0) is 13.2 Å². The van der Waals surface area contributed by atoms with Crippen LogP contribution in [0.15, 0.2) is 61.8 Å². The third-order valence-electron chi connectivity index (χ3n) is 4.51. The fraction of sp³-hybridized carbons (Fsp3) is 0.143. The van der Waals surface area contributed by atoms with Gasteiger partial charge in [0.1, 0.15) is 18.4 Å². The molecular weight excluding hydrogens is 380 g/mol. The van der Waals surface area contributed by atoms with E-state index in [1.165, 1.54) is 0 Å². The second-order valence-electron chi connectivity index (χ2n) is 6.23. The fourth-order valence-electron chi connectivity index (χ4n) is 2.89. The minimum atomic E-state index is -1.16. The molecule has 29 heavy (non-hydrogen) atoms. The Morgan fingerprint density at radius 1 is 0.862 bits per heavy atom. The SMILES string of the molecule is C=Cc1ccc(C(c2occ(CO)c(=O)c2O)c2occ(CO)c(=O)c2O)cc1. The van der Waals surface area contributed by atoms with Gasteiger partial charge in [-0.25, -0.2) is 0 Å². The summed E-state index contributed by atoms with van der Waals surface area (Å²) >= 11 is 0. The lowest BCUT2D eigenvalue weighted by atomic mass is 9.91. The fourth-order valence-corrected chi connectivity index (χ4v) is 2.89. The molecule has 0 radical (unpaired) electrons. The molecule has 8 nitrogen and oxygen atoms in total. The minimum absolute atomic E-state index is 0.159. The summed E-state index contributed by atoms with van der Waals surface area (Å²) in [6, 6.07) is 6.65. The van der Waals surface area contributed by atoms with Crippen molar-refractivity contribution in [2.75, 3.05) is 0 Å². The Bertz CT molecular complexity index is 1090. The van der Waals surface area contributed by atoms with Crippen LogP contribution < -0.4 is 10.9 Å². The van der Waals surface area contributed by atoms with Crippen LogP contribution in [0.2, 0.25) is 0 Å². The summed E-state index contributed by atoms with van der Waals surface area (Å²) in [6.45, 7) is 2.39. The first-order valence-corrected chi connectivity index (χ1v) is 8.54. The molecule has 1 aromatic carbocycles. The molecule has 3 rings (SSSR count). The Hall–Kier alpha value is -3.62. The highest BCUT2D eigenvalue weighted by Gasteiger charge is 2.31. The summed E-state index contributed by atoms with van der Waals surface area (Å²) in [5.74, 6) is -3.30. The van der Waals surface area contributed by atoms with Crippen molar-refractivity contribution in [1.82, 2.24) is 0 Å². The average Bonchev–Trinajstić information content (AvgIpc) is 2.75. The standard InChI is InChI=1S/C21H18O8/c1-2-11-3-5-12(6-4-11)15(20-18(26)16(24)13(7-22)9-28-20)21-19(27)17(25)14(8-23)10-29-21/h2-6,9-10,15,22-23,26-27H,1,7-8H2. The molecule has 0 saturated heterocycles. The minimum Gasteiger partial charge on any atom is -0.502 e. The molecule has 0 amide bonds. The maximum Gasteiger partial charge on any atom is 0.232 e. The van der Waals surface area contributed by atoms with Gasteiger partial charge in [-0.1, -0.05) is 36.9 Å². The molecule has 2 aromatic heterocycles. The van der Waals surface area contributed by atoms with E-state index in [4.69, 9.17) is 8.83 Å². The van der Waals surface area contributed by atoms with E-state index in [9.17, 15) is 30.0 Å². The van der Waals surface area contributed by atoms with E-state index in [0.717, 1.165) is 18.1 Å². The van der Waals surface area contributed by atoms with Gasteiger partial charge >= 0.3 is 0 Å². The molecule has 0 atom stereocenters. The highest BCUT2D eigenvalue weighted by Crippen LogP contribution is 2.38. The van der Waals surface area contributed by atoms with Crippen LogP contribution in [0, 0.1) is 0 Å². The van der Waals surface area contributed by atoms with Gasteiger partial charge < -0.3 is 29.3 Å². The molecule has 0 spiro atoms. The van der Waals surface area contributed by atoms with Crippen LogP contribution in [0.4, 0.5) is 0 Å². The first kappa shape index (κ1) is 20.1. The molecule has 0 saturated carbocycles. The summed E-state index contributed by atoms with van der Waals surface area (Å²) in [6.07, 6.45) is 3.58. The molecule has 150 valence electrons. The summed E-state index contributed by atoms with van der Waals surface area (Å²) in [5, 5.41) is 39.2. The van der Waals surface area contributed by atoms with E-state index in [0.29, 0.717) is 5.56 Å². The Kier molecular flexibility index (Phi) is 5.67. The zero-order valence-corrected chi connectivity index (χ0v) is 15.2. The first-order chi connectivity index (χ1) is 13.9. The predicted octanol–water partition coefficient (Wildman–Crippen LogP) is 1.81. The Labute approximate surface area is 164 Å². The number of rotatable bonds is 6. The molecule has 8 heteroatoms. The molecule has 0 aliphatic heterocycles. The van der Waals surface area contributed by atoms with Gasteiger partial charge in [-0.05, 0) is 11.1 Å². The first-order valence-electron chi connectivity index (χ1n) is 8.54. The van der Waals surface area contributed by atoms with Crippen molar-refractivity contribution in [3.8, 4) is 11.5 Å². The summed E-state index contributed by atoms with van der Waals surface area (Å²) < 4.78 is 10.8. The van der Waals surface area contributed by atoms with Gasteiger partial charge in [0.2, 0.25) is 22.4 Å². The highest BCUT2D eigenvalue weighted by molar-refractivity contribution is 5.51. The van der Waals surface area contributed by atoms with E-state index < -0.39 is 41.5 Å². The van der Waals surface area contributed by atoms with Crippen LogP contribution in [0.1, 0.15) is 39.7 Å². The Morgan fingerprint density at radius 3 is 1.69 bits per heavy atom. The van der Waals surface area contributed by atoms with Gasteiger partial charge in [0.15, 0.2) is 11.5 Å². The van der Waals surface area contributed by atoms with Gasteiger partial charge in [0.05, 0.1) is 24.3 Å². The number of aromatic hydroxyl groups is 2. The van der Waals surface area contributed by atoms with Crippen LogP contribution >= 0.6 is 0 Å². The van der Waals surface area contributed by atoms with Gasteiger partial charge in [-0.2, -0.15) is 0 Å². The average molecular weight is 398 g/mol. The van der Waals surface area contributed by atoms with Crippen molar-refractivity contribution in [2.45, 2.75) is 19.1 Å². The normalized spacial score (nSPS) is 11.0. The van der Waals surface area contributed by atoms with E-state index in [-0.39, 0.29) is 22.6 Å². The summed E-state index contributed by atoms with van der Waals surface area (Å²) in [5.41, 5.74) is -0.803. The van der Waals surface area contributed by atoms with Crippen molar-refractivity contribution < 1.29 is 29.3 Å². The van der Waals surface area contributed by atoms with E-state index >= 15 is 0 Å². The number of benzene rings is 1. The van der Waals surface area contributed by atoms with Crippen molar-refractivity contribution in [2.24, 2.45) is 0 Å². The van der Waals surface area contributed by atoms with Crippen molar-refractivity contribution in [3.05, 3.63) is 97.6 Å². The zero-order valence-electron chi connectivity index (χ0n) is 15.2. The highest BCUT2D eigenvalue weighted by atomic mass is 16.4. The topological polar surface area (TPSA) is 141 Å². The predicted molar refractivity (Wildman–Crippen MR) is 103 cm³/mol. The van der Waals surface area contributed by atoms with E-state index in [2.05, 4.69) is 6.58 Å². The molecule has 0 bridgehead atoms. The molecule has 3 aromatic rings. The Balaban J connectivity index is 2.30. The number of aliphatic hydroxyl groups is 2.